The molecule has 0 aromatic rings. The molecule has 3 heteroatoms. The molecule has 0 radical (unpaired) electrons. The Bertz CT molecular complexity index is 52.4. The van der Waals surface area contributed by atoms with Crippen molar-refractivity contribution in [3.05, 3.63) is 0 Å². The van der Waals surface area contributed by atoms with E-state index in [-0.39, 0.29) is 6.23 Å². The molecule has 3 nitrogen and oxygen atoms in total. The van der Waals surface area contributed by atoms with Crippen molar-refractivity contribution in [3.8, 4) is 0 Å². The number of aliphatic hydroxyl groups is 1. The Kier molecular flexibility index (Phi) is 3.77. The SMILES string of the molecule is CNC(OC)C(C)O. The standard InChI is InChI=1S/C5H13NO2/c1-4(7)5(6-2)8-3/h4-7H,1-3H3. The predicted octanol–water partition coefficient (Wildman–Crippen LogP) is -0.441. The predicted molar refractivity (Wildman–Crippen MR) is 31.5 cm³/mol. The van der Waals surface area contributed by atoms with Crippen LogP contribution in [0.5, 0.6) is 0 Å². The van der Waals surface area contributed by atoms with Crippen molar-refractivity contribution in [1.82, 2.24) is 5.32 Å². The van der Waals surface area contributed by atoms with Crippen molar-refractivity contribution >= 4 is 0 Å². The van der Waals surface area contributed by atoms with Crippen LogP contribution in [0.4, 0.5) is 0 Å². The van der Waals surface area contributed by atoms with Gasteiger partial charge in [-0.3, -0.25) is 5.32 Å². The number of aliphatic hydroxyl groups excluding tert-OH is 1. The zero-order valence-corrected chi connectivity index (χ0v) is 5.51. The fraction of sp³-hybridized carbons (Fsp3) is 1.00. The Hall–Kier alpha value is -0.120. The van der Waals surface area contributed by atoms with Gasteiger partial charge in [0.05, 0.1) is 6.10 Å². The summed E-state index contributed by atoms with van der Waals surface area (Å²) in [6.07, 6.45) is -0.694. The van der Waals surface area contributed by atoms with Crippen LogP contribution in [0.3, 0.4) is 0 Å². The Balaban J connectivity index is 3.35. The number of hydrogen-bond acceptors (Lipinski definition) is 3. The van der Waals surface area contributed by atoms with E-state index in [9.17, 15) is 0 Å². The maximum absolute atomic E-state index is 8.82. The molecule has 0 aromatic carbocycles. The van der Waals surface area contributed by atoms with Crippen LogP contribution >= 0.6 is 0 Å². The second-order valence-electron chi connectivity index (χ2n) is 1.69. The highest BCUT2D eigenvalue weighted by Crippen LogP contribution is 1.89. The quantitative estimate of drug-likeness (QED) is 0.495. The minimum absolute atomic E-state index is 0.241. The Morgan fingerprint density at radius 2 is 2.12 bits per heavy atom. The summed E-state index contributed by atoms with van der Waals surface area (Å²) in [5.41, 5.74) is 0. The van der Waals surface area contributed by atoms with E-state index >= 15 is 0 Å². The zero-order chi connectivity index (χ0) is 6.57. The van der Waals surface area contributed by atoms with Crippen molar-refractivity contribution in [2.24, 2.45) is 0 Å². The van der Waals surface area contributed by atoms with Crippen LogP contribution in [0.1, 0.15) is 6.92 Å². The van der Waals surface area contributed by atoms with Crippen LogP contribution in [-0.4, -0.2) is 31.6 Å². The van der Waals surface area contributed by atoms with E-state index in [2.05, 4.69) is 5.32 Å². The lowest BCUT2D eigenvalue weighted by atomic mass is 10.4. The van der Waals surface area contributed by atoms with Gasteiger partial charge in [0.15, 0.2) is 0 Å². The highest BCUT2D eigenvalue weighted by Gasteiger charge is 2.08. The summed E-state index contributed by atoms with van der Waals surface area (Å²) < 4.78 is 4.80. The van der Waals surface area contributed by atoms with Gasteiger partial charge in [0.1, 0.15) is 6.23 Å². The average Bonchev–Trinajstić information content (AvgIpc) is 1.69. The fourth-order valence-corrected chi connectivity index (χ4v) is 0.556. The highest BCUT2D eigenvalue weighted by atomic mass is 16.5. The number of rotatable bonds is 3. The summed E-state index contributed by atoms with van der Waals surface area (Å²) in [5.74, 6) is 0. The first kappa shape index (κ1) is 7.88. The summed E-state index contributed by atoms with van der Waals surface area (Å²) in [6.45, 7) is 1.67. The molecule has 2 N–H and O–H groups in total. The van der Waals surface area contributed by atoms with Gasteiger partial charge < -0.3 is 9.84 Å². The van der Waals surface area contributed by atoms with E-state index in [0.717, 1.165) is 0 Å². The molecule has 0 aliphatic rings. The van der Waals surface area contributed by atoms with E-state index < -0.39 is 6.10 Å². The number of likely N-dealkylation sites (N-methyl/N-ethyl adjacent to an activating group) is 1. The normalized spacial score (nSPS) is 18.0. The summed E-state index contributed by atoms with van der Waals surface area (Å²) in [5, 5.41) is 11.6. The Morgan fingerprint density at radius 1 is 1.62 bits per heavy atom. The molecule has 0 aromatic heterocycles. The van der Waals surface area contributed by atoms with Crippen LogP contribution < -0.4 is 5.32 Å². The van der Waals surface area contributed by atoms with Crippen LogP contribution in [0, 0.1) is 0 Å². The first-order valence-electron chi connectivity index (χ1n) is 2.60. The number of nitrogens with one attached hydrogen (secondary N) is 1. The fourth-order valence-electron chi connectivity index (χ4n) is 0.556. The molecule has 0 spiro atoms. The largest absolute Gasteiger partial charge is 0.389 e. The van der Waals surface area contributed by atoms with Crippen molar-refractivity contribution < 1.29 is 9.84 Å². The maximum atomic E-state index is 8.82. The lowest BCUT2D eigenvalue weighted by Gasteiger charge is -2.16. The molecular formula is C5H13NO2. The van der Waals surface area contributed by atoms with Gasteiger partial charge in [0.2, 0.25) is 0 Å². The third-order valence-corrected chi connectivity index (χ3v) is 0.977. The van der Waals surface area contributed by atoms with Crippen molar-refractivity contribution in [3.63, 3.8) is 0 Å². The molecule has 0 bridgehead atoms. The molecule has 0 rings (SSSR count). The Labute approximate surface area is 49.7 Å². The first-order chi connectivity index (χ1) is 3.72. The van der Waals surface area contributed by atoms with Crippen molar-refractivity contribution in [2.75, 3.05) is 14.2 Å². The molecular weight excluding hydrogens is 106 g/mol. The first-order valence-corrected chi connectivity index (χ1v) is 2.60. The summed E-state index contributed by atoms with van der Waals surface area (Å²) >= 11 is 0. The second kappa shape index (κ2) is 3.83. The lowest BCUT2D eigenvalue weighted by Crippen LogP contribution is -2.37. The molecule has 0 saturated heterocycles. The van der Waals surface area contributed by atoms with Crippen molar-refractivity contribution in [2.45, 2.75) is 19.3 Å². The third-order valence-electron chi connectivity index (χ3n) is 0.977. The third kappa shape index (κ3) is 2.26. The lowest BCUT2D eigenvalue weighted by molar-refractivity contribution is -0.0179. The van der Waals surface area contributed by atoms with Gasteiger partial charge in [-0.05, 0) is 14.0 Å². The average molecular weight is 119 g/mol. The number of ether oxygens (including phenoxy) is 1. The molecule has 0 heterocycles. The smallest absolute Gasteiger partial charge is 0.133 e. The van der Waals surface area contributed by atoms with E-state index in [1.54, 1.807) is 21.1 Å². The number of methoxy groups -OCH3 is 1. The topological polar surface area (TPSA) is 41.5 Å². The summed E-state index contributed by atoms with van der Waals surface area (Å²) in [4.78, 5) is 0. The van der Waals surface area contributed by atoms with Crippen LogP contribution in [-0.2, 0) is 4.74 Å². The molecule has 2 atom stereocenters. The molecule has 50 valence electrons. The van der Waals surface area contributed by atoms with Gasteiger partial charge in [0.25, 0.3) is 0 Å². The highest BCUT2D eigenvalue weighted by molar-refractivity contribution is 4.56. The van der Waals surface area contributed by atoms with Crippen LogP contribution in [0.15, 0.2) is 0 Å². The van der Waals surface area contributed by atoms with Gasteiger partial charge in [-0.2, -0.15) is 0 Å². The Morgan fingerprint density at radius 3 is 2.12 bits per heavy atom. The molecule has 2 unspecified atom stereocenters. The second-order valence-corrected chi connectivity index (χ2v) is 1.69. The molecule has 0 aliphatic heterocycles. The van der Waals surface area contributed by atoms with Gasteiger partial charge in [-0.1, -0.05) is 0 Å². The molecule has 0 aliphatic carbocycles. The van der Waals surface area contributed by atoms with Gasteiger partial charge in [-0.25, -0.2) is 0 Å². The summed E-state index contributed by atoms with van der Waals surface area (Å²) in [6, 6.07) is 0. The van der Waals surface area contributed by atoms with Gasteiger partial charge in [0, 0.05) is 7.11 Å². The van der Waals surface area contributed by atoms with E-state index in [4.69, 9.17) is 9.84 Å². The monoisotopic (exact) mass is 119 g/mol. The molecule has 0 saturated carbocycles. The van der Waals surface area contributed by atoms with Gasteiger partial charge >= 0.3 is 0 Å². The zero-order valence-electron chi connectivity index (χ0n) is 5.51. The van der Waals surface area contributed by atoms with E-state index in [1.807, 2.05) is 0 Å². The van der Waals surface area contributed by atoms with Crippen LogP contribution in [0.25, 0.3) is 0 Å². The van der Waals surface area contributed by atoms with E-state index in [0.29, 0.717) is 0 Å². The van der Waals surface area contributed by atoms with Gasteiger partial charge in [-0.15, -0.1) is 0 Å². The number of hydrogen-bond donors (Lipinski definition) is 2. The van der Waals surface area contributed by atoms with Crippen molar-refractivity contribution in [1.29, 1.82) is 0 Å². The molecule has 8 heavy (non-hydrogen) atoms. The summed E-state index contributed by atoms with van der Waals surface area (Å²) in [7, 11) is 3.29. The maximum Gasteiger partial charge on any atom is 0.133 e. The molecule has 0 fully saturated rings. The van der Waals surface area contributed by atoms with E-state index in [1.165, 1.54) is 0 Å². The molecule has 0 amide bonds. The minimum Gasteiger partial charge on any atom is -0.389 e. The van der Waals surface area contributed by atoms with Crippen LogP contribution in [0.2, 0.25) is 0 Å². The minimum atomic E-state index is -0.454.